The molecule has 8 heteroatoms. The van der Waals surface area contributed by atoms with Crippen molar-refractivity contribution in [1.82, 2.24) is 14.8 Å². The minimum absolute atomic E-state index is 0.138. The lowest BCUT2D eigenvalue weighted by Gasteiger charge is -2.17. The van der Waals surface area contributed by atoms with Crippen LogP contribution in [0.4, 0.5) is 10.1 Å². The maximum atomic E-state index is 14.1. The van der Waals surface area contributed by atoms with E-state index in [-0.39, 0.29) is 17.4 Å². The van der Waals surface area contributed by atoms with E-state index in [2.05, 4.69) is 15.5 Å². The third-order valence-corrected chi connectivity index (χ3v) is 5.77. The molecule has 1 amide bonds. The Balaban J connectivity index is 1.54. The third kappa shape index (κ3) is 5.59. The normalized spacial score (nSPS) is 11.7. The monoisotopic (exact) mass is 462 g/mol. The molecule has 0 radical (unpaired) electrons. The lowest BCUT2D eigenvalue weighted by atomic mass is 10.2. The fourth-order valence-corrected chi connectivity index (χ4v) is 3.96. The molecule has 4 rings (SSSR count). The lowest BCUT2D eigenvalue weighted by Crippen LogP contribution is -2.15. The molecule has 0 aliphatic heterocycles. The van der Waals surface area contributed by atoms with Gasteiger partial charge in [-0.1, -0.05) is 59.8 Å². The molecule has 0 aliphatic rings. The Kier molecular flexibility index (Phi) is 7.04. The predicted octanol–water partition coefficient (Wildman–Crippen LogP) is 5.59. The highest BCUT2D eigenvalue weighted by molar-refractivity contribution is 7.99. The van der Waals surface area contributed by atoms with Gasteiger partial charge in [0.25, 0.3) is 0 Å². The van der Waals surface area contributed by atoms with E-state index >= 15 is 0 Å². The zero-order valence-electron chi connectivity index (χ0n) is 18.2. The first-order valence-corrected chi connectivity index (χ1v) is 11.4. The van der Waals surface area contributed by atoms with Crippen LogP contribution in [0.25, 0.3) is 5.69 Å². The van der Waals surface area contributed by atoms with E-state index in [1.807, 2.05) is 66.1 Å². The number of aryl methyl sites for hydroxylation is 1. The summed E-state index contributed by atoms with van der Waals surface area (Å²) in [6.45, 7) is 3.78. The number of hydrogen-bond donors (Lipinski definition) is 1. The maximum absolute atomic E-state index is 14.1. The topological polar surface area (TPSA) is 69.0 Å². The number of anilines is 1. The number of nitrogens with one attached hydrogen (secondary N) is 1. The van der Waals surface area contributed by atoms with Gasteiger partial charge in [-0.05, 0) is 50.2 Å². The van der Waals surface area contributed by atoms with Crippen molar-refractivity contribution in [2.75, 3.05) is 11.1 Å². The van der Waals surface area contributed by atoms with Gasteiger partial charge in [0, 0.05) is 11.4 Å². The number of aromatic nitrogens is 3. The van der Waals surface area contributed by atoms with E-state index in [4.69, 9.17) is 4.74 Å². The van der Waals surface area contributed by atoms with Crippen LogP contribution in [0.1, 0.15) is 24.4 Å². The highest BCUT2D eigenvalue weighted by Crippen LogP contribution is 2.29. The number of benzene rings is 3. The molecular formula is C25H23FN4O2S. The highest BCUT2D eigenvalue weighted by Gasteiger charge is 2.22. The highest BCUT2D eigenvalue weighted by atomic mass is 32.2. The molecule has 0 bridgehead atoms. The molecule has 1 N–H and O–H groups in total. The van der Waals surface area contributed by atoms with Crippen LogP contribution in [0.5, 0.6) is 5.75 Å². The van der Waals surface area contributed by atoms with Gasteiger partial charge in [0.2, 0.25) is 5.91 Å². The largest absolute Gasteiger partial charge is 0.480 e. The van der Waals surface area contributed by atoms with E-state index in [0.29, 0.717) is 11.0 Å². The Hall–Kier alpha value is -3.65. The predicted molar refractivity (Wildman–Crippen MR) is 127 cm³/mol. The van der Waals surface area contributed by atoms with E-state index in [0.717, 1.165) is 16.9 Å². The molecule has 3 aromatic carbocycles. The molecule has 0 fully saturated rings. The van der Waals surface area contributed by atoms with Crippen LogP contribution in [-0.2, 0) is 4.79 Å². The fraction of sp³-hybridized carbons (Fsp3) is 0.160. The molecule has 33 heavy (non-hydrogen) atoms. The van der Waals surface area contributed by atoms with Crippen molar-refractivity contribution in [2.24, 2.45) is 0 Å². The van der Waals surface area contributed by atoms with Gasteiger partial charge < -0.3 is 10.1 Å². The average Bonchev–Trinajstić information content (AvgIpc) is 3.25. The third-order valence-electron chi connectivity index (χ3n) is 4.84. The molecule has 0 aliphatic carbocycles. The Morgan fingerprint density at radius 1 is 1.03 bits per heavy atom. The van der Waals surface area contributed by atoms with Crippen LogP contribution in [0.2, 0.25) is 0 Å². The molecule has 1 aromatic heterocycles. The Morgan fingerprint density at radius 3 is 2.45 bits per heavy atom. The Labute approximate surface area is 195 Å². The van der Waals surface area contributed by atoms with Crippen molar-refractivity contribution < 1.29 is 13.9 Å². The minimum Gasteiger partial charge on any atom is -0.480 e. The first-order chi connectivity index (χ1) is 16.0. The number of hydrogen-bond acceptors (Lipinski definition) is 5. The first-order valence-electron chi connectivity index (χ1n) is 10.4. The van der Waals surface area contributed by atoms with Crippen LogP contribution in [-0.4, -0.2) is 26.4 Å². The van der Waals surface area contributed by atoms with Crippen molar-refractivity contribution in [3.8, 4) is 11.4 Å². The number of rotatable bonds is 8. The smallest absolute Gasteiger partial charge is 0.234 e. The SMILES string of the molecule is Cc1ccc(NC(=O)CSc2nnc(C(C)Oc3ccccc3F)n2-c2ccccc2)cc1. The minimum atomic E-state index is -0.578. The molecule has 4 aromatic rings. The van der Waals surface area contributed by atoms with Crippen LogP contribution in [0.3, 0.4) is 0 Å². The van der Waals surface area contributed by atoms with Gasteiger partial charge in [0.05, 0.1) is 5.75 Å². The number of amides is 1. The fourth-order valence-electron chi connectivity index (χ4n) is 3.21. The molecule has 1 heterocycles. The van der Waals surface area contributed by atoms with Crippen molar-refractivity contribution in [3.05, 3.63) is 96.1 Å². The van der Waals surface area contributed by atoms with Gasteiger partial charge in [0.15, 0.2) is 28.7 Å². The number of thioether (sulfide) groups is 1. The second kappa shape index (κ2) is 10.3. The zero-order valence-corrected chi connectivity index (χ0v) is 19.1. The maximum Gasteiger partial charge on any atom is 0.234 e. The van der Waals surface area contributed by atoms with Crippen molar-refractivity contribution in [3.63, 3.8) is 0 Å². The molecule has 168 valence electrons. The molecule has 0 saturated heterocycles. The number of halogens is 1. The average molecular weight is 463 g/mol. The van der Waals surface area contributed by atoms with E-state index < -0.39 is 11.9 Å². The van der Waals surface area contributed by atoms with E-state index in [1.54, 1.807) is 25.1 Å². The summed E-state index contributed by atoms with van der Waals surface area (Å²) >= 11 is 1.27. The molecular weight excluding hydrogens is 439 g/mol. The van der Waals surface area contributed by atoms with Gasteiger partial charge in [-0.25, -0.2) is 4.39 Å². The first kappa shape index (κ1) is 22.5. The number of carbonyl (C=O) groups excluding carboxylic acids is 1. The summed E-state index contributed by atoms with van der Waals surface area (Å²) in [6.07, 6.45) is -0.578. The second-order valence-electron chi connectivity index (χ2n) is 7.41. The van der Waals surface area contributed by atoms with Crippen LogP contribution < -0.4 is 10.1 Å². The Bertz CT molecular complexity index is 1230. The summed E-state index contributed by atoms with van der Waals surface area (Å²) in [7, 11) is 0. The van der Waals surface area contributed by atoms with Crippen LogP contribution in [0, 0.1) is 12.7 Å². The van der Waals surface area contributed by atoms with Gasteiger partial charge in [0.1, 0.15) is 0 Å². The van der Waals surface area contributed by atoms with Crippen molar-refractivity contribution in [2.45, 2.75) is 25.1 Å². The summed E-state index contributed by atoms with van der Waals surface area (Å²) in [4.78, 5) is 12.5. The van der Waals surface area contributed by atoms with Crippen molar-refractivity contribution in [1.29, 1.82) is 0 Å². The summed E-state index contributed by atoms with van der Waals surface area (Å²) in [5, 5.41) is 12.0. The van der Waals surface area contributed by atoms with Crippen LogP contribution >= 0.6 is 11.8 Å². The number of para-hydroxylation sites is 2. The van der Waals surface area contributed by atoms with E-state index in [1.165, 1.54) is 17.8 Å². The number of nitrogens with zero attached hydrogens (tertiary/aromatic N) is 3. The molecule has 1 atom stereocenters. The number of carbonyl (C=O) groups is 1. The van der Waals surface area contributed by atoms with E-state index in [9.17, 15) is 9.18 Å². The zero-order chi connectivity index (χ0) is 23.2. The van der Waals surface area contributed by atoms with Gasteiger partial charge in [-0.2, -0.15) is 0 Å². The van der Waals surface area contributed by atoms with Gasteiger partial charge >= 0.3 is 0 Å². The standard InChI is InChI=1S/C25H23FN4O2S/c1-17-12-14-19(15-13-17)27-23(31)16-33-25-29-28-24(30(25)20-8-4-3-5-9-20)18(2)32-22-11-7-6-10-21(22)26/h3-15,18H,16H2,1-2H3,(H,27,31). The van der Waals surface area contributed by atoms with Crippen LogP contribution in [0.15, 0.2) is 84.0 Å². The Morgan fingerprint density at radius 2 is 1.73 bits per heavy atom. The summed E-state index contributed by atoms with van der Waals surface area (Å²) in [6, 6.07) is 23.4. The second-order valence-corrected chi connectivity index (χ2v) is 8.35. The summed E-state index contributed by atoms with van der Waals surface area (Å²) in [5.74, 6) is 0.202. The molecule has 0 saturated carbocycles. The molecule has 0 spiro atoms. The van der Waals surface area contributed by atoms with Gasteiger partial charge in [-0.15, -0.1) is 10.2 Å². The molecule has 1 unspecified atom stereocenters. The number of ether oxygens (including phenoxy) is 1. The summed E-state index contributed by atoms with van der Waals surface area (Å²) < 4.78 is 21.8. The molecule has 6 nitrogen and oxygen atoms in total. The lowest BCUT2D eigenvalue weighted by molar-refractivity contribution is -0.113. The van der Waals surface area contributed by atoms with Crippen molar-refractivity contribution >= 4 is 23.4 Å². The van der Waals surface area contributed by atoms with Gasteiger partial charge in [-0.3, -0.25) is 9.36 Å². The quantitative estimate of drug-likeness (QED) is 0.346. The summed E-state index contributed by atoms with van der Waals surface area (Å²) in [5.41, 5.74) is 2.68.